The average molecular weight is 328 g/mol. The fourth-order valence-electron chi connectivity index (χ4n) is 3.23. The third kappa shape index (κ3) is 3.34. The van der Waals surface area contributed by atoms with Gasteiger partial charge in [-0.25, -0.2) is 0 Å². The van der Waals surface area contributed by atoms with Crippen molar-refractivity contribution < 1.29 is 12.9 Å². The lowest BCUT2D eigenvalue weighted by Gasteiger charge is -2.39. The Balaban J connectivity index is 1.58. The number of rotatable bonds is 4. The molecule has 124 valence electrons. The Morgan fingerprint density at radius 3 is 2.64 bits per heavy atom. The van der Waals surface area contributed by atoms with Crippen LogP contribution in [0.1, 0.15) is 31.9 Å². The van der Waals surface area contributed by atoms with Gasteiger partial charge in [0.25, 0.3) is 10.2 Å². The van der Waals surface area contributed by atoms with Crippen molar-refractivity contribution in [1.29, 1.82) is 0 Å². The fraction of sp³-hybridized carbons (Fsp3) is 0.786. The van der Waals surface area contributed by atoms with Crippen molar-refractivity contribution in [2.75, 3.05) is 32.7 Å². The maximum absolute atomic E-state index is 12.8. The number of piperazine rings is 1. The Morgan fingerprint density at radius 2 is 2.00 bits per heavy atom. The molecule has 0 bridgehead atoms. The summed E-state index contributed by atoms with van der Waals surface area (Å²) in [5.74, 6) is 0.820. The summed E-state index contributed by atoms with van der Waals surface area (Å²) in [4.78, 5) is 2.20. The van der Waals surface area contributed by atoms with Crippen LogP contribution in [0.2, 0.25) is 0 Å². The highest BCUT2D eigenvalue weighted by atomic mass is 32.2. The van der Waals surface area contributed by atoms with Gasteiger partial charge < -0.3 is 4.52 Å². The maximum atomic E-state index is 12.8. The van der Waals surface area contributed by atoms with Gasteiger partial charge in [0, 0.05) is 44.8 Å². The van der Waals surface area contributed by atoms with Crippen LogP contribution in [0.3, 0.4) is 0 Å². The Labute approximate surface area is 132 Å². The van der Waals surface area contributed by atoms with Crippen LogP contribution in [0, 0.1) is 0 Å². The van der Waals surface area contributed by atoms with Gasteiger partial charge in [-0.3, -0.25) is 4.90 Å². The average Bonchev–Trinajstić information content (AvgIpc) is 3.01. The highest BCUT2D eigenvalue weighted by molar-refractivity contribution is 7.86. The van der Waals surface area contributed by atoms with Crippen molar-refractivity contribution in [1.82, 2.24) is 18.7 Å². The Bertz CT molecular complexity index is 567. The molecule has 2 aliphatic rings. The Morgan fingerprint density at radius 1 is 1.23 bits per heavy atom. The first kappa shape index (κ1) is 15.9. The van der Waals surface area contributed by atoms with Crippen LogP contribution in [0.5, 0.6) is 0 Å². The monoisotopic (exact) mass is 328 g/mol. The Hall–Kier alpha value is -0.960. The number of hydrogen-bond acceptors (Lipinski definition) is 5. The van der Waals surface area contributed by atoms with Crippen molar-refractivity contribution in [3.05, 3.63) is 18.0 Å². The molecule has 0 N–H and O–H groups in total. The summed E-state index contributed by atoms with van der Waals surface area (Å²) >= 11 is 0. The lowest BCUT2D eigenvalue weighted by Crippen LogP contribution is -2.55. The smallest absolute Gasteiger partial charge is 0.282 e. The molecular formula is C14H24N4O3S. The van der Waals surface area contributed by atoms with Gasteiger partial charge in [0.15, 0.2) is 5.76 Å². The molecule has 22 heavy (non-hydrogen) atoms. The molecule has 7 nitrogen and oxygen atoms in total. The predicted octanol–water partition coefficient (Wildman–Crippen LogP) is 0.911. The van der Waals surface area contributed by atoms with E-state index in [1.165, 1.54) is 0 Å². The van der Waals surface area contributed by atoms with E-state index < -0.39 is 10.2 Å². The van der Waals surface area contributed by atoms with Gasteiger partial charge in [-0.2, -0.15) is 17.0 Å². The topological polar surface area (TPSA) is 69.9 Å². The highest BCUT2D eigenvalue weighted by Crippen LogP contribution is 2.23. The van der Waals surface area contributed by atoms with E-state index in [1.54, 1.807) is 14.8 Å². The molecule has 0 radical (unpaired) electrons. The molecule has 8 heteroatoms. The Kier molecular flexibility index (Phi) is 4.82. The SMILES string of the molecule is C[C@@H]1CCCCN1S(=O)(=O)N1CCN(Cc2ccno2)CC1. The lowest BCUT2D eigenvalue weighted by atomic mass is 10.1. The van der Waals surface area contributed by atoms with E-state index >= 15 is 0 Å². The highest BCUT2D eigenvalue weighted by Gasteiger charge is 2.36. The van der Waals surface area contributed by atoms with E-state index in [0.29, 0.717) is 26.2 Å². The first-order valence-corrected chi connectivity index (χ1v) is 9.36. The van der Waals surface area contributed by atoms with Crippen LogP contribution in [-0.2, 0) is 16.8 Å². The molecule has 1 aromatic heterocycles. The summed E-state index contributed by atoms with van der Waals surface area (Å²) in [5, 5.41) is 3.70. The second-order valence-electron chi connectivity index (χ2n) is 6.12. The van der Waals surface area contributed by atoms with Gasteiger partial charge in [-0.05, 0) is 19.8 Å². The first-order chi connectivity index (χ1) is 10.6. The zero-order valence-corrected chi connectivity index (χ0v) is 13.8. The van der Waals surface area contributed by atoms with E-state index in [9.17, 15) is 8.42 Å². The van der Waals surface area contributed by atoms with E-state index in [0.717, 1.165) is 38.1 Å². The van der Waals surface area contributed by atoms with Crippen molar-refractivity contribution in [2.24, 2.45) is 0 Å². The molecule has 0 spiro atoms. The van der Waals surface area contributed by atoms with Gasteiger partial charge in [-0.15, -0.1) is 0 Å². The molecule has 0 aromatic carbocycles. The first-order valence-electron chi connectivity index (χ1n) is 7.96. The minimum atomic E-state index is -3.32. The van der Waals surface area contributed by atoms with Crippen LogP contribution in [0.25, 0.3) is 0 Å². The fourth-order valence-corrected chi connectivity index (χ4v) is 5.07. The van der Waals surface area contributed by atoms with Gasteiger partial charge >= 0.3 is 0 Å². The minimum Gasteiger partial charge on any atom is -0.360 e. The van der Waals surface area contributed by atoms with Gasteiger partial charge in [0.05, 0.1) is 12.7 Å². The number of aromatic nitrogens is 1. The third-order valence-corrected chi connectivity index (χ3v) is 6.72. The number of piperidine rings is 1. The van der Waals surface area contributed by atoms with Crippen molar-refractivity contribution in [3.63, 3.8) is 0 Å². The molecule has 0 saturated carbocycles. The van der Waals surface area contributed by atoms with Crippen LogP contribution >= 0.6 is 0 Å². The third-order valence-electron chi connectivity index (χ3n) is 4.57. The largest absolute Gasteiger partial charge is 0.360 e. The van der Waals surface area contributed by atoms with Crippen LogP contribution in [0.15, 0.2) is 16.8 Å². The van der Waals surface area contributed by atoms with Gasteiger partial charge in [0.1, 0.15) is 0 Å². The van der Waals surface area contributed by atoms with E-state index in [-0.39, 0.29) is 6.04 Å². The molecular weight excluding hydrogens is 304 g/mol. The molecule has 2 aliphatic heterocycles. The zero-order chi connectivity index (χ0) is 15.6. The quantitative estimate of drug-likeness (QED) is 0.822. The maximum Gasteiger partial charge on any atom is 0.282 e. The molecule has 2 fully saturated rings. The van der Waals surface area contributed by atoms with E-state index in [2.05, 4.69) is 10.1 Å². The summed E-state index contributed by atoms with van der Waals surface area (Å²) in [5.41, 5.74) is 0. The summed E-state index contributed by atoms with van der Waals surface area (Å²) in [6.45, 7) is 5.89. The van der Waals surface area contributed by atoms with Gasteiger partial charge in [0.2, 0.25) is 0 Å². The molecule has 1 aromatic rings. The van der Waals surface area contributed by atoms with Crippen LogP contribution in [0.4, 0.5) is 0 Å². The van der Waals surface area contributed by atoms with E-state index in [1.807, 2.05) is 13.0 Å². The van der Waals surface area contributed by atoms with Crippen molar-refractivity contribution >= 4 is 10.2 Å². The molecule has 1 atom stereocenters. The van der Waals surface area contributed by atoms with Gasteiger partial charge in [-0.1, -0.05) is 11.6 Å². The summed E-state index contributed by atoms with van der Waals surface area (Å²) in [7, 11) is -3.32. The second kappa shape index (κ2) is 6.66. The second-order valence-corrected chi connectivity index (χ2v) is 8.00. The minimum absolute atomic E-state index is 0.117. The summed E-state index contributed by atoms with van der Waals surface area (Å²) in [6.07, 6.45) is 4.69. The predicted molar refractivity (Wildman–Crippen MR) is 82.3 cm³/mol. The van der Waals surface area contributed by atoms with E-state index in [4.69, 9.17) is 4.52 Å². The lowest BCUT2D eigenvalue weighted by molar-refractivity contribution is 0.155. The summed E-state index contributed by atoms with van der Waals surface area (Å²) < 4.78 is 34.0. The molecule has 0 unspecified atom stereocenters. The molecule has 3 rings (SSSR count). The summed E-state index contributed by atoms with van der Waals surface area (Å²) in [6, 6.07) is 1.96. The van der Waals surface area contributed by atoms with Crippen LogP contribution in [-0.4, -0.2) is 65.9 Å². The standard InChI is InChI=1S/C14H24N4O3S/c1-13-4-2-3-7-18(13)22(19,20)17-10-8-16(9-11-17)12-14-5-6-15-21-14/h5-6,13H,2-4,7-12H2,1H3/t13-/m1/s1. The number of nitrogens with zero attached hydrogens (tertiary/aromatic N) is 4. The zero-order valence-electron chi connectivity index (χ0n) is 13.0. The molecule has 0 aliphatic carbocycles. The molecule has 2 saturated heterocycles. The molecule has 0 amide bonds. The normalized spacial score (nSPS) is 26.3. The number of hydrogen-bond donors (Lipinski definition) is 0. The van der Waals surface area contributed by atoms with Crippen molar-refractivity contribution in [2.45, 2.75) is 38.8 Å². The molecule has 3 heterocycles. The van der Waals surface area contributed by atoms with Crippen molar-refractivity contribution in [3.8, 4) is 0 Å². The van der Waals surface area contributed by atoms with Crippen LogP contribution < -0.4 is 0 Å².